The Morgan fingerprint density at radius 2 is 1.78 bits per heavy atom. The fourth-order valence-electron chi connectivity index (χ4n) is 3.26. The number of aromatic amines is 1. The number of rotatable bonds is 9. The maximum atomic E-state index is 12.8. The van der Waals surface area contributed by atoms with Gasteiger partial charge in [-0.1, -0.05) is 0 Å². The van der Waals surface area contributed by atoms with E-state index in [1.807, 2.05) is 74.4 Å². The lowest BCUT2D eigenvalue weighted by molar-refractivity contribution is 0.327. The monoisotopic (exact) mass is 454 g/mol. The molecule has 0 fully saturated rings. The van der Waals surface area contributed by atoms with Crippen LogP contribution in [0.15, 0.2) is 53.3 Å². The lowest BCUT2D eigenvalue weighted by atomic mass is 10.1. The van der Waals surface area contributed by atoms with Crippen LogP contribution in [0, 0.1) is 0 Å². The molecule has 0 aliphatic heterocycles. The molecule has 170 valence electrons. The van der Waals surface area contributed by atoms with Crippen molar-refractivity contribution >= 4 is 33.9 Å². The van der Waals surface area contributed by atoms with Gasteiger partial charge in [-0.15, -0.1) is 0 Å². The SMILES string of the molecule is CCOc1ccc2[nH]c(=O)c(CN(CCN(C)C)C(=S)Nc3ccc(OC)cc3)cc2c1. The number of anilines is 1. The molecule has 3 aromatic rings. The molecule has 0 spiro atoms. The van der Waals surface area contributed by atoms with Gasteiger partial charge in [0.05, 0.1) is 20.3 Å². The van der Waals surface area contributed by atoms with E-state index in [1.54, 1.807) is 7.11 Å². The van der Waals surface area contributed by atoms with Crippen molar-refractivity contribution in [3.8, 4) is 11.5 Å². The molecule has 0 aliphatic rings. The Morgan fingerprint density at radius 1 is 1.06 bits per heavy atom. The van der Waals surface area contributed by atoms with Gasteiger partial charge in [0.25, 0.3) is 5.56 Å². The summed E-state index contributed by atoms with van der Waals surface area (Å²) in [5, 5.41) is 4.75. The maximum Gasteiger partial charge on any atom is 0.253 e. The average molecular weight is 455 g/mol. The van der Waals surface area contributed by atoms with Crippen LogP contribution in [0.1, 0.15) is 12.5 Å². The molecule has 0 atom stereocenters. The number of hydrogen-bond acceptors (Lipinski definition) is 5. The molecule has 1 aromatic heterocycles. The molecular weight excluding hydrogens is 424 g/mol. The number of methoxy groups -OCH3 is 1. The Labute approximate surface area is 193 Å². The quantitative estimate of drug-likeness (QED) is 0.478. The van der Waals surface area contributed by atoms with E-state index in [1.165, 1.54) is 0 Å². The van der Waals surface area contributed by atoms with Crippen LogP contribution in [-0.4, -0.2) is 60.8 Å². The van der Waals surface area contributed by atoms with Gasteiger partial charge in [0, 0.05) is 35.2 Å². The summed E-state index contributed by atoms with van der Waals surface area (Å²) in [5.74, 6) is 1.55. The summed E-state index contributed by atoms with van der Waals surface area (Å²) in [6, 6.07) is 15.1. The van der Waals surface area contributed by atoms with E-state index < -0.39 is 0 Å². The zero-order valence-electron chi connectivity index (χ0n) is 19.0. The molecule has 0 saturated heterocycles. The Morgan fingerprint density at radius 3 is 2.44 bits per heavy atom. The standard InChI is InChI=1S/C24H30N4O3S/c1-5-31-21-10-11-22-17(15-21)14-18(23(29)26-22)16-28(13-12-27(2)3)24(32)25-19-6-8-20(30-4)9-7-19/h6-11,14-15H,5,12-13,16H2,1-4H3,(H,25,32)(H,26,29). The molecule has 0 unspecified atom stereocenters. The van der Waals surface area contributed by atoms with Crippen molar-refractivity contribution in [3.63, 3.8) is 0 Å². The summed E-state index contributed by atoms with van der Waals surface area (Å²) >= 11 is 5.70. The van der Waals surface area contributed by atoms with Gasteiger partial charge < -0.3 is 29.6 Å². The molecule has 1 heterocycles. The number of likely N-dealkylation sites (N-methyl/N-ethyl adjacent to an activating group) is 1. The van der Waals surface area contributed by atoms with Crippen LogP contribution >= 0.6 is 12.2 Å². The third-order valence-electron chi connectivity index (χ3n) is 5.01. The Bertz CT molecular complexity index is 1110. The van der Waals surface area contributed by atoms with E-state index in [4.69, 9.17) is 21.7 Å². The Hall–Kier alpha value is -3.10. The molecule has 3 rings (SSSR count). The number of aromatic nitrogens is 1. The van der Waals surface area contributed by atoms with Crippen LogP contribution in [0.25, 0.3) is 10.9 Å². The first kappa shape index (κ1) is 23.6. The van der Waals surface area contributed by atoms with Crippen LogP contribution in [0.4, 0.5) is 5.69 Å². The van der Waals surface area contributed by atoms with Crippen molar-refractivity contribution in [2.45, 2.75) is 13.5 Å². The summed E-state index contributed by atoms with van der Waals surface area (Å²) in [5.41, 5.74) is 2.16. The molecule has 7 nitrogen and oxygen atoms in total. The third-order valence-corrected chi connectivity index (χ3v) is 5.37. The van der Waals surface area contributed by atoms with Crippen molar-refractivity contribution in [1.29, 1.82) is 0 Å². The van der Waals surface area contributed by atoms with Crippen molar-refractivity contribution in [2.75, 3.05) is 46.2 Å². The van der Waals surface area contributed by atoms with E-state index in [0.717, 1.165) is 34.6 Å². The van der Waals surface area contributed by atoms with E-state index in [9.17, 15) is 4.79 Å². The summed E-state index contributed by atoms with van der Waals surface area (Å²) in [7, 11) is 5.65. The van der Waals surface area contributed by atoms with Gasteiger partial charge in [-0.2, -0.15) is 0 Å². The molecular formula is C24H30N4O3S. The minimum atomic E-state index is -0.122. The van der Waals surface area contributed by atoms with Gasteiger partial charge >= 0.3 is 0 Å². The fourth-order valence-corrected chi connectivity index (χ4v) is 3.53. The Kier molecular flexibility index (Phi) is 8.08. The van der Waals surface area contributed by atoms with Gasteiger partial charge in [0.15, 0.2) is 5.11 Å². The van der Waals surface area contributed by atoms with Crippen molar-refractivity contribution in [1.82, 2.24) is 14.8 Å². The molecule has 8 heteroatoms. The smallest absolute Gasteiger partial charge is 0.253 e. The van der Waals surface area contributed by atoms with Crippen molar-refractivity contribution in [2.24, 2.45) is 0 Å². The van der Waals surface area contributed by atoms with Gasteiger partial charge in [-0.25, -0.2) is 0 Å². The highest BCUT2D eigenvalue weighted by Gasteiger charge is 2.14. The molecule has 0 aliphatic carbocycles. The highest BCUT2D eigenvalue weighted by atomic mass is 32.1. The molecule has 2 aromatic carbocycles. The van der Waals surface area contributed by atoms with Gasteiger partial charge in [-0.3, -0.25) is 4.79 Å². The minimum absolute atomic E-state index is 0.122. The van der Waals surface area contributed by atoms with Crippen LogP contribution in [0.2, 0.25) is 0 Å². The minimum Gasteiger partial charge on any atom is -0.497 e. The van der Waals surface area contributed by atoms with Crippen LogP contribution in [-0.2, 0) is 6.54 Å². The van der Waals surface area contributed by atoms with Crippen molar-refractivity contribution < 1.29 is 9.47 Å². The largest absolute Gasteiger partial charge is 0.497 e. The number of nitrogens with zero attached hydrogens (tertiary/aromatic N) is 2. The first-order valence-electron chi connectivity index (χ1n) is 10.5. The van der Waals surface area contributed by atoms with E-state index >= 15 is 0 Å². The number of benzene rings is 2. The summed E-state index contributed by atoms with van der Waals surface area (Å²) < 4.78 is 10.8. The van der Waals surface area contributed by atoms with Gasteiger partial charge in [0.2, 0.25) is 0 Å². The highest BCUT2D eigenvalue weighted by Crippen LogP contribution is 2.20. The zero-order valence-corrected chi connectivity index (χ0v) is 19.8. The fraction of sp³-hybridized carbons (Fsp3) is 0.333. The van der Waals surface area contributed by atoms with E-state index in [0.29, 0.717) is 30.4 Å². The number of fused-ring (bicyclic) bond motifs is 1. The number of hydrogen-bond donors (Lipinski definition) is 2. The molecule has 0 amide bonds. The number of thiocarbonyl (C=S) groups is 1. The summed E-state index contributed by atoms with van der Waals surface area (Å²) in [6.45, 7) is 4.39. The Balaban J connectivity index is 1.84. The lowest BCUT2D eigenvalue weighted by Gasteiger charge is -2.27. The average Bonchev–Trinajstić information content (AvgIpc) is 2.77. The van der Waals surface area contributed by atoms with Crippen LogP contribution < -0.4 is 20.3 Å². The third kappa shape index (κ3) is 6.21. The van der Waals surface area contributed by atoms with Gasteiger partial charge in [-0.05, 0) is 81.8 Å². The number of pyridine rings is 1. The predicted octanol–water partition coefficient (Wildman–Crippen LogP) is 3.70. The first-order chi connectivity index (χ1) is 15.4. The van der Waals surface area contributed by atoms with Crippen LogP contribution in [0.3, 0.4) is 0 Å². The molecule has 2 N–H and O–H groups in total. The van der Waals surface area contributed by atoms with E-state index in [-0.39, 0.29) is 5.56 Å². The zero-order chi connectivity index (χ0) is 23.1. The molecule has 0 bridgehead atoms. The maximum absolute atomic E-state index is 12.8. The topological polar surface area (TPSA) is 69.8 Å². The first-order valence-corrected chi connectivity index (χ1v) is 10.9. The second kappa shape index (κ2) is 11.0. The molecule has 0 radical (unpaired) electrons. The second-order valence-electron chi connectivity index (χ2n) is 7.69. The lowest BCUT2D eigenvalue weighted by Crippen LogP contribution is -2.40. The normalized spacial score (nSPS) is 10.9. The number of H-pyrrole nitrogens is 1. The highest BCUT2D eigenvalue weighted by molar-refractivity contribution is 7.80. The molecule has 0 saturated carbocycles. The predicted molar refractivity (Wildman–Crippen MR) is 134 cm³/mol. The second-order valence-corrected chi connectivity index (χ2v) is 8.08. The van der Waals surface area contributed by atoms with E-state index in [2.05, 4.69) is 15.2 Å². The summed E-state index contributed by atoms with van der Waals surface area (Å²) in [6.07, 6.45) is 0. The van der Waals surface area contributed by atoms with Crippen molar-refractivity contribution in [3.05, 3.63) is 64.4 Å². The summed E-state index contributed by atoms with van der Waals surface area (Å²) in [4.78, 5) is 19.8. The van der Waals surface area contributed by atoms with Crippen LogP contribution in [0.5, 0.6) is 11.5 Å². The number of ether oxygens (including phenoxy) is 2. The van der Waals surface area contributed by atoms with Gasteiger partial charge in [0.1, 0.15) is 11.5 Å². The number of nitrogens with one attached hydrogen (secondary N) is 2. The molecule has 32 heavy (non-hydrogen) atoms.